The molecule has 2 heterocycles. The number of benzene rings is 1. The van der Waals surface area contributed by atoms with Gasteiger partial charge in [0.1, 0.15) is 23.3 Å². The van der Waals surface area contributed by atoms with Crippen LogP contribution in [0.4, 0.5) is 11.6 Å². The fraction of sp³-hybridized carbons (Fsp3) is 0.450. The van der Waals surface area contributed by atoms with Crippen LogP contribution in [0.3, 0.4) is 0 Å². The highest BCUT2D eigenvalue weighted by molar-refractivity contribution is 9.10. The minimum absolute atomic E-state index is 0.206. The molecule has 0 amide bonds. The monoisotopic (exact) mass is 400 g/mol. The van der Waals surface area contributed by atoms with E-state index < -0.39 is 0 Å². The molecule has 1 saturated heterocycles. The van der Waals surface area contributed by atoms with Crippen LogP contribution in [0, 0.1) is 11.3 Å². The normalized spacial score (nSPS) is 15.2. The lowest BCUT2D eigenvalue weighted by Crippen LogP contribution is -2.35. The number of nitriles is 1. The molecular formula is C20H25BrN4. The van der Waals surface area contributed by atoms with Gasteiger partial charge in [-0.1, -0.05) is 34.1 Å². The van der Waals surface area contributed by atoms with Crippen molar-refractivity contribution in [2.45, 2.75) is 45.6 Å². The molecule has 2 aromatic rings. The van der Waals surface area contributed by atoms with Crippen LogP contribution in [0.2, 0.25) is 0 Å². The zero-order chi connectivity index (χ0) is 18.2. The van der Waals surface area contributed by atoms with Crippen molar-refractivity contribution in [3.63, 3.8) is 0 Å². The molecule has 3 rings (SSSR count). The van der Waals surface area contributed by atoms with Crippen molar-refractivity contribution in [1.82, 2.24) is 4.57 Å². The molecule has 5 heteroatoms. The Kier molecular flexibility index (Phi) is 4.83. The third-order valence-electron chi connectivity index (χ3n) is 4.76. The number of nitrogens with zero attached hydrogens (tertiary/aromatic N) is 3. The summed E-state index contributed by atoms with van der Waals surface area (Å²) in [6, 6.07) is 10.4. The zero-order valence-corrected chi connectivity index (χ0v) is 16.7. The first-order valence-corrected chi connectivity index (χ1v) is 9.60. The van der Waals surface area contributed by atoms with E-state index in [1.54, 1.807) is 0 Å². The first-order valence-electron chi connectivity index (χ1n) is 8.81. The number of halogens is 1. The highest BCUT2D eigenvalue weighted by atomic mass is 79.9. The number of piperidine rings is 1. The molecule has 1 aliphatic rings. The van der Waals surface area contributed by atoms with Crippen molar-refractivity contribution < 1.29 is 0 Å². The van der Waals surface area contributed by atoms with Crippen molar-refractivity contribution in [1.29, 1.82) is 5.26 Å². The summed E-state index contributed by atoms with van der Waals surface area (Å²) < 4.78 is 3.13. The van der Waals surface area contributed by atoms with Gasteiger partial charge in [0.25, 0.3) is 0 Å². The summed E-state index contributed by atoms with van der Waals surface area (Å²) in [7, 11) is 0. The van der Waals surface area contributed by atoms with Gasteiger partial charge in [-0.2, -0.15) is 5.26 Å². The zero-order valence-electron chi connectivity index (χ0n) is 15.1. The maximum absolute atomic E-state index is 9.88. The molecule has 0 saturated carbocycles. The van der Waals surface area contributed by atoms with E-state index in [2.05, 4.69) is 58.3 Å². The van der Waals surface area contributed by atoms with Crippen LogP contribution in [0.25, 0.3) is 11.1 Å². The first kappa shape index (κ1) is 17.9. The smallest absolute Gasteiger partial charge is 0.124 e. The van der Waals surface area contributed by atoms with Crippen molar-refractivity contribution in [3.8, 4) is 17.2 Å². The second-order valence-electron chi connectivity index (χ2n) is 7.60. The molecule has 0 unspecified atom stereocenters. The summed E-state index contributed by atoms with van der Waals surface area (Å²) in [6.07, 6.45) is 3.61. The van der Waals surface area contributed by atoms with E-state index in [-0.39, 0.29) is 5.54 Å². The standard InChI is InChI=1S/C20H25BrN4/c1-20(2,3)25-18(23)15(13-22)17(14-9-5-6-10-16(14)21)19(25)24-11-7-4-8-12-24/h5-6,9-10H,4,7-8,11-12,23H2,1-3H3. The minimum atomic E-state index is -0.206. The van der Waals surface area contributed by atoms with E-state index in [9.17, 15) is 5.26 Å². The Morgan fingerprint density at radius 3 is 2.32 bits per heavy atom. The predicted octanol–water partition coefficient (Wildman–Crippen LogP) is 5.12. The maximum atomic E-state index is 9.88. The Balaban J connectivity index is 2.36. The number of hydrogen-bond donors (Lipinski definition) is 1. The fourth-order valence-electron chi connectivity index (χ4n) is 3.69. The summed E-state index contributed by atoms with van der Waals surface area (Å²) in [5, 5.41) is 9.88. The molecule has 0 bridgehead atoms. The van der Waals surface area contributed by atoms with Crippen LogP contribution in [-0.4, -0.2) is 17.7 Å². The molecule has 1 aliphatic heterocycles. The second kappa shape index (κ2) is 6.76. The van der Waals surface area contributed by atoms with E-state index in [0.717, 1.165) is 34.5 Å². The molecule has 1 aromatic heterocycles. The maximum Gasteiger partial charge on any atom is 0.124 e. The molecule has 4 nitrogen and oxygen atoms in total. The molecule has 1 aromatic carbocycles. The topological polar surface area (TPSA) is 58.0 Å². The Morgan fingerprint density at radius 2 is 1.76 bits per heavy atom. The highest BCUT2D eigenvalue weighted by Gasteiger charge is 2.32. The van der Waals surface area contributed by atoms with Crippen LogP contribution in [0.1, 0.15) is 45.6 Å². The Morgan fingerprint density at radius 1 is 1.12 bits per heavy atom. The lowest BCUT2D eigenvalue weighted by Gasteiger charge is -2.35. The van der Waals surface area contributed by atoms with E-state index in [0.29, 0.717) is 11.4 Å². The molecule has 2 N–H and O–H groups in total. The Labute approximate surface area is 158 Å². The Bertz CT molecular complexity index is 817. The summed E-state index contributed by atoms with van der Waals surface area (Å²) in [4.78, 5) is 2.40. The van der Waals surface area contributed by atoms with Gasteiger partial charge < -0.3 is 15.2 Å². The molecule has 0 spiro atoms. The van der Waals surface area contributed by atoms with Gasteiger partial charge in [-0.3, -0.25) is 0 Å². The summed E-state index contributed by atoms with van der Waals surface area (Å²) in [6.45, 7) is 8.43. The van der Waals surface area contributed by atoms with Crippen molar-refractivity contribution >= 4 is 27.6 Å². The lowest BCUT2D eigenvalue weighted by molar-refractivity contribution is 0.399. The Hall–Kier alpha value is -1.93. The van der Waals surface area contributed by atoms with Crippen molar-refractivity contribution in [2.24, 2.45) is 0 Å². The van der Waals surface area contributed by atoms with Crippen molar-refractivity contribution in [3.05, 3.63) is 34.3 Å². The molecule has 0 atom stereocenters. The van der Waals surface area contributed by atoms with Gasteiger partial charge in [0.2, 0.25) is 0 Å². The SMILES string of the molecule is CC(C)(C)n1c(N)c(C#N)c(-c2ccccc2Br)c1N1CCCCC1. The summed E-state index contributed by atoms with van der Waals surface area (Å²) >= 11 is 3.66. The molecule has 1 fully saturated rings. The van der Waals surface area contributed by atoms with Gasteiger partial charge in [-0.05, 0) is 46.1 Å². The molecule has 25 heavy (non-hydrogen) atoms. The largest absolute Gasteiger partial charge is 0.384 e. The van der Waals surface area contributed by atoms with Gasteiger partial charge in [-0.25, -0.2) is 0 Å². The van der Waals surface area contributed by atoms with E-state index in [1.807, 2.05) is 18.2 Å². The second-order valence-corrected chi connectivity index (χ2v) is 8.46. The summed E-state index contributed by atoms with van der Waals surface area (Å²) in [5.74, 6) is 1.63. The number of hydrogen-bond acceptors (Lipinski definition) is 3. The predicted molar refractivity (Wildman–Crippen MR) is 108 cm³/mol. The van der Waals surface area contributed by atoms with Crippen LogP contribution in [0.5, 0.6) is 0 Å². The first-order chi connectivity index (χ1) is 11.9. The van der Waals surface area contributed by atoms with E-state index in [1.165, 1.54) is 19.3 Å². The highest BCUT2D eigenvalue weighted by Crippen LogP contribution is 2.45. The average molecular weight is 401 g/mol. The number of anilines is 2. The number of rotatable bonds is 2. The quantitative estimate of drug-likeness (QED) is 0.760. The van der Waals surface area contributed by atoms with E-state index in [4.69, 9.17) is 5.73 Å². The average Bonchev–Trinajstić information content (AvgIpc) is 2.88. The minimum Gasteiger partial charge on any atom is -0.384 e. The third kappa shape index (κ3) is 3.16. The summed E-state index contributed by atoms with van der Waals surface area (Å²) in [5.41, 5.74) is 8.83. The number of nitrogen functional groups attached to an aromatic ring is 1. The van der Waals surface area contributed by atoms with Crippen LogP contribution in [0.15, 0.2) is 28.7 Å². The number of aromatic nitrogens is 1. The number of nitrogens with two attached hydrogens (primary N) is 1. The third-order valence-corrected chi connectivity index (χ3v) is 5.46. The van der Waals surface area contributed by atoms with Crippen molar-refractivity contribution in [2.75, 3.05) is 23.7 Å². The fourth-order valence-corrected chi connectivity index (χ4v) is 4.18. The van der Waals surface area contributed by atoms with Crippen LogP contribution >= 0.6 is 15.9 Å². The van der Waals surface area contributed by atoms with Gasteiger partial charge in [0.05, 0.1) is 0 Å². The van der Waals surface area contributed by atoms with Crippen LogP contribution < -0.4 is 10.6 Å². The molecule has 0 aliphatic carbocycles. The molecule has 132 valence electrons. The lowest BCUT2D eigenvalue weighted by atomic mass is 10.0. The van der Waals surface area contributed by atoms with E-state index >= 15 is 0 Å². The van der Waals surface area contributed by atoms with Gasteiger partial charge in [0.15, 0.2) is 0 Å². The van der Waals surface area contributed by atoms with Gasteiger partial charge in [0, 0.05) is 34.2 Å². The van der Waals surface area contributed by atoms with Gasteiger partial charge >= 0.3 is 0 Å². The van der Waals surface area contributed by atoms with Gasteiger partial charge in [-0.15, -0.1) is 0 Å². The van der Waals surface area contributed by atoms with Crippen LogP contribution in [-0.2, 0) is 5.54 Å². The molecular weight excluding hydrogens is 376 g/mol. The molecule has 0 radical (unpaired) electrons.